The Bertz CT molecular complexity index is 35.4. The van der Waals surface area contributed by atoms with E-state index in [1.54, 1.807) is 0 Å². The summed E-state index contributed by atoms with van der Waals surface area (Å²) in [6, 6.07) is 0. The van der Waals surface area contributed by atoms with E-state index in [0.29, 0.717) is 0 Å². The SMILES string of the molecule is O.O=[N+]([O-])[O-].[Al].[Mg+2].[OH-]. The Hall–Kier alpha value is 0.419. The fourth-order valence-corrected chi connectivity index (χ4v) is 0. The van der Waals surface area contributed by atoms with Crippen LogP contribution < -0.4 is 0 Å². The molecule has 6 nitrogen and oxygen atoms in total. The third-order valence-electron chi connectivity index (χ3n) is 0. The summed E-state index contributed by atoms with van der Waals surface area (Å²) in [7, 11) is 0. The summed E-state index contributed by atoms with van der Waals surface area (Å²) >= 11 is 0. The number of hydrogen-bond acceptors (Lipinski definition) is 4. The first-order valence-corrected chi connectivity index (χ1v) is 0.548. The van der Waals surface area contributed by atoms with Gasteiger partial charge < -0.3 is 26.3 Å². The molecule has 0 amide bonds. The molecule has 0 unspecified atom stereocenters. The maximum absolute atomic E-state index is 8.25. The zero-order valence-electron chi connectivity index (χ0n) is 3.90. The molecule has 0 atom stereocenters. The molecule has 0 aliphatic heterocycles. The van der Waals surface area contributed by atoms with Crippen molar-refractivity contribution in [3.05, 3.63) is 15.3 Å². The average Bonchev–Trinajstić information content (AvgIpc) is 0.811. The van der Waals surface area contributed by atoms with Gasteiger partial charge in [-0.2, -0.15) is 0 Å². The number of nitrogens with zero attached hydrogens (tertiary/aromatic N) is 1. The van der Waals surface area contributed by atoms with Crippen molar-refractivity contribution in [3.8, 4) is 0 Å². The molecule has 0 saturated heterocycles. The van der Waals surface area contributed by atoms with E-state index < -0.39 is 5.09 Å². The molecular formula is H3AlMgNO5. The Morgan fingerprint density at radius 1 is 1.25 bits per heavy atom. The normalized spacial score (nSPS) is 3.00. The Balaban J connectivity index is -0.00000000750. The van der Waals surface area contributed by atoms with Crippen LogP contribution in [0.4, 0.5) is 0 Å². The van der Waals surface area contributed by atoms with Crippen LogP contribution in [0.2, 0.25) is 0 Å². The Morgan fingerprint density at radius 3 is 1.25 bits per heavy atom. The minimum atomic E-state index is -1.75. The quantitative estimate of drug-likeness (QED) is 0.223. The van der Waals surface area contributed by atoms with Gasteiger partial charge in [0.05, 0.1) is 5.09 Å². The van der Waals surface area contributed by atoms with Crippen LogP contribution in [-0.4, -0.2) is 56.5 Å². The van der Waals surface area contributed by atoms with Crippen LogP contribution in [0.5, 0.6) is 0 Å². The fraction of sp³-hybridized carbons (Fsp3) is 0. The minimum absolute atomic E-state index is 0. The molecule has 0 aromatic carbocycles. The Labute approximate surface area is 71.9 Å². The van der Waals surface area contributed by atoms with Gasteiger partial charge in [-0.05, 0) is 0 Å². The average molecular weight is 148 g/mol. The van der Waals surface area contributed by atoms with E-state index >= 15 is 0 Å². The molecule has 8 heavy (non-hydrogen) atoms. The Kier molecular flexibility index (Phi) is 130. The maximum atomic E-state index is 8.25. The fourth-order valence-electron chi connectivity index (χ4n) is 0. The molecule has 43 valence electrons. The maximum Gasteiger partial charge on any atom is 2.00 e. The third kappa shape index (κ3) is 1080. The van der Waals surface area contributed by atoms with Crippen molar-refractivity contribution < 1.29 is 16.0 Å². The molecule has 0 rings (SSSR count). The van der Waals surface area contributed by atoms with Crippen LogP contribution >= 0.6 is 0 Å². The molecule has 0 aliphatic carbocycles. The van der Waals surface area contributed by atoms with Gasteiger partial charge in [0.15, 0.2) is 0 Å². The van der Waals surface area contributed by atoms with E-state index in [1.165, 1.54) is 0 Å². The van der Waals surface area contributed by atoms with Gasteiger partial charge in [-0.3, -0.25) is 0 Å². The van der Waals surface area contributed by atoms with Crippen LogP contribution in [0.25, 0.3) is 0 Å². The van der Waals surface area contributed by atoms with Crippen LogP contribution in [0.15, 0.2) is 0 Å². The first-order valence-electron chi connectivity index (χ1n) is 0.548. The minimum Gasteiger partial charge on any atom is -0.870 e. The molecule has 0 fully saturated rings. The molecule has 0 heterocycles. The van der Waals surface area contributed by atoms with Crippen molar-refractivity contribution in [1.29, 1.82) is 0 Å². The molecule has 0 bridgehead atoms. The van der Waals surface area contributed by atoms with Crippen LogP contribution in [-0.2, 0) is 0 Å². The molecule has 3 N–H and O–H groups in total. The second kappa shape index (κ2) is 26.2. The van der Waals surface area contributed by atoms with E-state index in [-0.39, 0.29) is 51.4 Å². The topological polar surface area (TPSA) is 128 Å². The predicted octanol–water partition coefficient (Wildman–Crippen LogP) is -2.00. The van der Waals surface area contributed by atoms with Gasteiger partial charge in [0.25, 0.3) is 0 Å². The number of rotatable bonds is 0. The van der Waals surface area contributed by atoms with Crippen LogP contribution in [0.1, 0.15) is 0 Å². The largest absolute Gasteiger partial charge is 2.00 e. The van der Waals surface area contributed by atoms with Gasteiger partial charge in [0.2, 0.25) is 0 Å². The van der Waals surface area contributed by atoms with E-state index in [0.717, 1.165) is 0 Å². The molecule has 0 saturated carbocycles. The zero-order chi connectivity index (χ0) is 3.58. The molecule has 3 radical (unpaired) electrons. The summed E-state index contributed by atoms with van der Waals surface area (Å²) in [5, 5.41) is 14.8. The summed E-state index contributed by atoms with van der Waals surface area (Å²) in [5.41, 5.74) is 0. The molecule has 0 aromatic heterocycles. The summed E-state index contributed by atoms with van der Waals surface area (Å²) in [6.07, 6.45) is 0. The zero-order valence-corrected chi connectivity index (χ0v) is 6.47. The molecular weight excluding hydrogens is 145 g/mol. The predicted molar refractivity (Wildman–Crippen MR) is 27.4 cm³/mol. The van der Waals surface area contributed by atoms with Gasteiger partial charge >= 0.3 is 23.1 Å². The van der Waals surface area contributed by atoms with Crippen molar-refractivity contribution >= 4 is 40.4 Å². The van der Waals surface area contributed by atoms with Crippen LogP contribution in [0, 0.1) is 15.3 Å². The van der Waals surface area contributed by atoms with Gasteiger partial charge in [-0.25, -0.2) is 0 Å². The second-order valence-electron chi connectivity index (χ2n) is 0.224. The summed E-state index contributed by atoms with van der Waals surface area (Å²) in [6.45, 7) is 0. The first kappa shape index (κ1) is 39.6. The molecule has 8 heteroatoms. The smallest absolute Gasteiger partial charge is 0.870 e. The van der Waals surface area contributed by atoms with E-state index in [4.69, 9.17) is 15.3 Å². The first-order chi connectivity index (χ1) is 1.73. The van der Waals surface area contributed by atoms with E-state index in [9.17, 15) is 0 Å². The van der Waals surface area contributed by atoms with Crippen LogP contribution in [0.3, 0.4) is 0 Å². The van der Waals surface area contributed by atoms with E-state index in [2.05, 4.69) is 0 Å². The van der Waals surface area contributed by atoms with Gasteiger partial charge in [0.1, 0.15) is 0 Å². The van der Waals surface area contributed by atoms with Gasteiger partial charge in [-0.15, -0.1) is 0 Å². The van der Waals surface area contributed by atoms with Crippen molar-refractivity contribution in [3.63, 3.8) is 0 Å². The monoisotopic (exact) mass is 148 g/mol. The van der Waals surface area contributed by atoms with E-state index in [1.807, 2.05) is 0 Å². The van der Waals surface area contributed by atoms with Gasteiger partial charge in [0, 0.05) is 17.4 Å². The Morgan fingerprint density at radius 2 is 1.25 bits per heavy atom. The molecule has 0 aromatic rings. The van der Waals surface area contributed by atoms with Crippen molar-refractivity contribution in [2.24, 2.45) is 0 Å². The third-order valence-corrected chi connectivity index (χ3v) is 0. The number of hydrogen-bond donors (Lipinski definition) is 0. The van der Waals surface area contributed by atoms with Crippen molar-refractivity contribution in [2.75, 3.05) is 0 Å². The van der Waals surface area contributed by atoms with Crippen molar-refractivity contribution in [2.45, 2.75) is 0 Å². The van der Waals surface area contributed by atoms with Crippen molar-refractivity contribution in [1.82, 2.24) is 0 Å². The molecule has 0 spiro atoms. The second-order valence-corrected chi connectivity index (χ2v) is 0.224. The summed E-state index contributed by atoms with van der Waals surface area (Å²) in [5.74, 6) is 0. The summed E-state index contributed by atoms with van der Waals surface area (Å²) < 4.78 is 0. The van der Waals surface area contributed by atoms with Gasteiger partial charge in [-0.1, -0.05) is 0 Å². The standard InChI is InChI=1S/Al.Mg.NO3.2H2O/c;;2-1(3)4;;/h;;;2*1H2/q;+2;-1;;/p-1. The summed E-state index contributed by atoms with van der Waals surface area (Å²) in [4.78, 5) is 8.25. The molecule has 0 aliphatic rings.